The first-order valence-corrected chi connectivity index (χ1v) is 9.55. The number of carbonyl (C=O) groups excluding carboxylic acids is 3. The zero-order valence-electron chi connectivity index (χ0n) is 17.4. The van der Waals surface area contributed by atoms with Gasteiger partial charge in [-0.3, -0.25) is 4.79 Å². The Morgan fingerprint density at radius 2 is 1.47 bits per heavy atom. The molecule has 0 aliphatic carbocycles. The maximum atomic E-state index is 13.5. The van der Waals surface area contributed by atoms with Gasteiger partial charge in [0.05, 0.1) is 7.11 Å². The van der Waals surface area contributed by atoms with Crippen LogP contribution in [0.2, 0.25) is 0 Å². The van der Waals surface area contributed by atoms with Crippen molar-refractivity contribution in [3.63, 3.8) is 0 Å². The molecule has 2 N–H and O–H groups in total. The van der Waals surface area contributed by atoms with Crippen LogP contribution in [0.15, 0.2) is 60.7 Å². The van der Waals surface area contributed by atoms with Crippen molar-refractivity contribution >= 4 is 18.0 Å². The lowest BCUT2D eigenvalue weighted by Crippen LogP contribution is -2.65. The summed E-state index contributed by atoms with van der Waals surface area (Å²) in [7, 11) is 0.777. The first-order valence-electron chi connectivity index (χ1n) is 9.55. The minimum absolute atomic E-state index is 0.102. The molecule has 0 spiro atoms. The SMILES string of the molecule is COC(=O)[C@](C)(NC(=O)[C@H](Cc1ccccc1)NC(=O)OCc1ccccc1)C(F)(F)F. The number of ether oxygens (including phenoxy) is 2. The molecule has 0 aliphatic rings. The lowest BCUT2D eigenvalue weighted by atomic mass is 9.99. The van der Waals surface area contributed by atoms with E-state index >= 15 is 0 Å². The van der Waals surface area contributed by atoms with E-state index < -0.39 is 35.7 Å². The topological polar surface area (TPSA) is 93.7 Å². The van der Waals surface area contributed by atoms with Crippen LogP contribution in [0.4, 0.5) is 18.0 Å². The van der Waals surface area contributed by atoms with Crippen molar-refractivity contribution in [3.8, 4) is 0 Å². The van der Waals surface area contributed by atoms with Crippen LogP contribution in [0.5, 0.6) is 0 Å². The predicted molar refractivity (Wildman–Crippen MR) is 108 cm³/mol. The smallest absolute Gasteiger partial charge is 0.422 e. The van der Waals surface area contributed by atoms with Gasteiger partial charge < -0.3 is 20.1 Å². The molecule has 2 aromatic carbocycles. The van der Waals surface area contributed by atoms with E-state index in [2.05, 4.69) is 10.1 Å². The summed E-state index contributed by atoms with van der Waals surface area (Å²) in [6.07, 6.45) is -6.28. The largest absolute Gasteiger partial charge is 0.467 e. The summed E-state index contributed by atoms with van der Waals surface area (Å²) in [5, 5.41) is 3.95. The van der Waals surface area contributed by atoms with E-state index in [1.807, 2.05) is 0 Å². The summed E-state index contributed by atoms with van der Waals surface area (Å²) >= 11 is 0. The molecular weight excluding hydrogens is 429 g/mol. The predicted octanol–water partition coefficient (Wildman–Crippen LogP) is 3.13. The van der Waals surface area contributed by atoms with E-state index in [0.29, 0.717) is 18.1 Å². The van der Waals surface area contributed by atoms with Crippen molar-refractivity contribution < 1.29 is 37.0 Å². The van der Waals surface area contributed by atoms with Crippen molar-refractivity contribution in [3.05, 3.63) is 71.8 Å². The van der Waals surface area contributed by atoms with Crippen LogP contribution in [0.25, 0.3) is 0 Å². The van der Waals surface area contributed by atoms with Crippen LogP contribution >= 0.6 is 0 Å². The van der Waals surface area contributed by atoms with Gasteiger partial charge in [0.1, 0.15) is 12.6 Å². The van der Waals surface area contributed by atoms with E-state index in [0.717, 1.165) is 7.11 Å². The zero-order chi connectivity index (χ0) is 23.8. The number of alkyl carbamates (subject to hydrolysis) is 1. The third-order valence-electron chi connectivity index (χ3n) is 4.64. The van der Waals surface area contributed by atoms with Crippen molar-refractivity contribution in [2.45, 2.75) is 37.7 Å². The number of halogens is 3. The summed E-state index contributed by atoms with van der Waals surface area (Å²) in [6.45, 7) is 0.388. The molecule has 0 saturated heterocycles. The summed E-state index contributed by atoms with van der Waals surface area (Å²) in [4.78, 5) is 36.8. The third kappa shape index (κ3) is 6.47. The highest BCUT2D eigenvalue weighted by atomic mass is 19.4. The lowest BCUT2D eigenvalue weighted by Gasteiger charge is -2.31. The molecule has 0 bridgehead atoms. The van der Waals surface area contributed by atoms with Gasteiger partial charge in [-0.1, -0.05) is 60.7 Å². The van der Waals surface area contributed by atoms with Gasteiger partial charge in [-0.15, -0.1) is 0 Å². The number of esters is 1. The number of rotatable bonds is 8. The number of nitrogens with one attached hydrogen (secondary N) is 2. The van der Waals surface area contributed by atoms with Crippen LogP contribution in [-0.4, -0.2) is 42.8 Å². The van der Waals surface area contributed by atoms with Gasteiger partial charge in [0.2, 0.25) is 11.4 Å². The first kappa shape index (κ1) is 24.7. The molecule has 0 unspecified atom stereocenters. The number of alkyl halides is 3. The number of methoxy groups -OCH3 is 1. The molecule has 2 atom stereocenters. The van der Waals surface area contributed by atoms with Crippen LogP contribution in [0.1, 0.15) is 18.1 Å². The number of benzene rings is 2. The quantitative estimate of drug-likeness (QED) is 0.601. The van der Waals surface area contributed by atoms with Crippen molar-refractivity contribution in [2.24, 2.45) is 0 Å². The second kappa shape index (κ2) is 10.7. The van der Waals surface area contributed by atoms with Gasteiger partial charge >= 0.3 is 18.2 Å². The maximum Gasteiger partial charge on any atom is 0.422 e. The molecule has 0 heterocycles. The molecule has 0 aromatic heterocycles. The Morgan fingerprint density at radius 1 is 0.938 bits per heavy atom. The highest BCUT2D eigenvalue weighted by molar-refractivity contribution is 5.92. The van der Waals surface area contributed by atoms with E-state index in [4.69, 9.17) is 4.74 Å². The summed E-state index contributed by atoms with van der Waals surface area (Å²) < 4.78 is 49.9. The van der Waals surface area contributed by atoms with Crippen LogP contribution < -0.4 is 10.6 Å². The first-order chi connectivity index (χ1) is 15.1. The second-order valence-corrected chi connectivity index (χ2v) is 7.05. The number of amides is 2. The zero-order valence-corrected chi connectivity index (χ0v) is 17.4. The summed E-state index contributed by atoms with van der Waals surface area (Å²) in [5.74, 6) is -2.92. The van der Waals surface area contributed by atoms with Crippen molar-refractivity contribution in [1.29, 1.82) is 0 Å². The highest BCUT2D eigenvalue weighted by Crippen LogP contribution is 2.31. The monoisotopic (exact) mass is 452 g/mol. The van der Waals surface area contributed by atoms with E-state index in [9.17, 15) is 27.6 Å². The van der Waals surface area contributed by atoms with Gasteiger partial charge in [0.25, 0.3) is 0 Å². The number of hydrogen-bond acceptors (Lipinski definition) is 5. The minimum atomic E-state index is -5.14. The standard InChI is InChI=1S/C22H23F3N2O5/c1-21(19(29)31-2,22(23,24)25)27-18(28)17(13-15-9-5-3-6-10-15)26-20(30)32-14-16-11-7-4-8-12-16/h3-12,17H,13-14H2,1-2H3,(H,26,30)(H,27,28)/t17-,21-/m0/s1. The average molecular weight is 452 g/mol. The molecule has 2 amide bonds. The van der Waals surface area contributed by atoms with Crippen LogP contribution in [-0.2, 0) is 32.1 Å². The minimum Gasteiger partial charge on any atom is -0.467 e. The van der Waals surface area contributed by atoms with E-state index in [1.165, 1.54) is 0 Å². The van der Waals surface area contributed by atoms with Gasteiger partial charge in [-0.05, 0) is 18.1 Å². The molecule has 32 heavy (non-hydrogen) atoms. The molecule has 0 aliphatic heterocycles. The number of carbonyl (C=O) groups is 3. The Hall–Kier alpha value is -3.56. The molecule has 0 fully saturated rings. The Bertz CT molecular complexity index is 922. The second-order valence-electron chi connectivity index (χ2n) is 7.05. The average Bonchev–Trinajstić information content (AvgIpc) is 2.77. The van der Waals surface area contributed by atoms with Crippen molar-refractivity contribution in [1.82, 2.24) is 10.6 Å². The highest BCUT2D eigenvalue weighted by Gasteiger charge is 2.59. The number of hydrogen-bond donors (Lipinski definition) is 2. The summed E-state index contributed by atoms with van der Waals surface area (Å²) in [5.41, 5.74) is -2.05. The van der Waals surface area contributed by atoms with Crippen molar-refractivity contribution in [2.75, 3.05) is 7.11 Å². The fourth-order valence-electron chi connectivity index (χ4n) is 2.74. The molecule has 7 nitrogen and oxygen atoms in total. The normalized spacial score (nSPS) is 13.9. The molecule has 0 radical (unpaired) electrons. The Labute approximate surface area is 182 Å². The van der Waals surface area contributed by atoms with Crippen LogP contribution in [0.3, 0.4) is 0 Å². The van der Waals surface area contributed by atoms with E-state index in [1.54, 1.807) is 66.0 Å². The van der Waals surface area contributed by atoms with Gasteiger partial charge in [0.15, 0.2) is 0 Å². The lowest BCUT2D eigenvalue weighted by molar-refractivity contribution is -0.209. The Balaban J connectivity index is 2.18. The maximum absolute atomic E-state index is 13.5. The van der Waals surface area contributed by atoms with Gasteiger partial charge in [0, 0.05) is 6.42 Å². The van der Waals surface area contributed by atoms with Gasteiger partial charge in [-0.2, -0.15) is 13.2 Å². The molecule has 2 rings (SSSR count). The molecule has 172 valence electrons. The molecule has 10 heteroatoms. The van der Waals surface area contributed by atoms with Crippen LogP contribution in [0, 0.1) is 0 Å². The summed E-state index contributed by atoms with van der Waals surface area (Å²) in [6, 6.07) is 15.6. The van der Waals surface area contributed by atoms with E-state index in [-0.39, 0.29) is 13.0 Å². The molecule has 2 aromatic rings. The molecule has 0 saturated carbocycles. The Morgan fingerprint density at radius 3 is 1.97 bits per heavy atom. The third-order valence-corrected chi connectivity index (χ3v) is 4.64. The molecular formula is C22H23F3N2O5. The fourth-order valence-corrected chi connectivity index (χ4v) is 2.74. The van der Waals surface area contributed by atoms with Gasteiger partial charge in [-0.25, -0.2) is 9.59 Å². The fraction of sp³-hybridized carbons (Fsp3) is 0.318. The Kier molecular flexibility index (Phi) is 8.22.